The van der Waals surface area contributed by atoms with E-state index in [2.05, 4.69) is 20.7 Å². The van der Waals surface area contributed by atoms with E-state index in [9.17, 15) is 9.59 Å². The average Bonchev–Trinajstić information content (AvgIpc) is 3.55. The van der Waals surface area contributed by atoms with Gasteiger partial charge in [0.2, 0.25) is 11.8 Å². The number of piperidine rings is 2. The van der Waals surface area contributed by atoms with Gasteiger partial charge < -0.3 is 15.5 Å². The monoisotopic (exact) mass is 594 g/mol. The fourth-order valence-electron chi connectivity index (χ4n) is 8.51. The van der Waals surface area contributed by atoms with Gasteiger partial charge in [-0.1, -0.05) is 62.3 Å². The van der Waals surface area contributed by atoms with Crippen molar-refractivity contribution < 1.29 is 9.59 Å². The molecule has 3 heterocycles. The number of amides is 2. The molecule has 42 heavy (non-hydrogen) atoms. The Balaban J connectivity index is 1.15. The minimum atomic E-state index is -0.595. The van der Waals surface area contributed by atoms with E-state index in [0.717, 1.165) is 37.9 Å². The lowest BCUT2D eigenvalue weighted by Gasteiger charge is -2.48. The second kappa shape index (κ2) is 13.5. The highest BCUT2D eigenvalue weighted by Gasteiger charge is 2.44. The summed E-state index contributed by atoms with van der Waals surface area (Å²) in [5.74, 6) is 1.94. The molecular formula is C33H47ClN6O2. The molecule has 6 rings (SSSR count). The summed E-state index contributed by atoms with van der Waals surface area (Å²) in [7, 11) is 0. The number of halogens is 1. The van der Waals surface area contributed by atoms with Gasteiger partial charge in [-0.05, 0) is 85.9 Å². The molecule has 2 aliphatic heterocycles. The topological polar surface area (TPSA) is 92.2 Å². The van der Waals surface area contributed by atoms with Gasteiger partial charge in [0.05, 0.1) is 6.04 Å². The number of nitrogens with one attached hydrogen (secondary N) is 2. The summed E-state index contributed by atoms with van der Waals surface area (Å²) >= 11 is 6.15. The van der Waals surface area contributed by atoms with Gasteiger partial charge >= 0.3 is 0 Å². The van der Waals surface area contributed by atoms with E-state index in [1.807, 2.05) is 40.2 Å². The molecule has 3 unspecified atom stereocenters. The van der Waals surface area contributed by atoms with Crippen LogP contribution < -0.4 is 10.6 Å². The van der Waals surface area contributed by atoms with Crippen LogP contribution in [0.5, 0.6) is 0 Å². The first kappa shape index (κ1) is 29.6. The lowest BCUT2D eigenvalue weighted by atomic mass is 9.63. The Kier molecular flexibility index (Phi) is 9.49. The van der Waals surface area contributed by atoms with Crippen LogP contribution in [-0.4, -0.2) is 63.2 Å². The van der Waals surface area contributed by atoms with Crippen LogP contribution in [0.3, 0.4) is 0 Å². The van der Waals surface area contributed by atoms with Crippen molar-refractivity contribution in [2.45, 2.75) is 102 Å². The first-order valence-electron chi connectivity index (χ1n) is 16.4. The molecule has 1 aromatic carbocycles. The SMILES string of the molecule is O=C(N[C@H](Cc1ccc(Cl)cc1)C(=O)N1CCC(Cn2cncn2)(C2CCCCC2)CC1)C1CC2CCCCC2CN1. The second-order valence-electron chi connectivity index (χ2n) is 13.5. The first-order chi connectivity index (χ1) is 20.5. The van der Waals surface area contributed by atoms with Gasteiger partial charge in [-0.15, -0.1) is 0 Å². The number of carbonyl (C=O) groups is 2. The third-order valence-electron chi connectivity index (χ3n) is 11.0. The second-order valence-corrected chi connectivity index (χ2v) is 13.9. The van der Waals surface area contributed by atoms with E-state index in [1.165, 1.54) is 57.8 Å². The van der Waals surface area contributed by atoms with E-state index in [0.29, 0.717) is 42.3 Å². The molecule has 228 valence electrons. The zero-order chi connectivity index (χ0) is 28.9. The van der Waals surface area contributed by atoms with E-state index >= 15 is 0 Å². The van der Waals surface area contributed by atoms with Crippen molar-refractivity contribution in [3.05, 3.63) is 47.5 Å². The summed E-state index contributed by atoms with van der Waals surface area (Å²) in [6, 6.07) is 6.81. The molecule has 8 nitrogen and oxygen atoms in total. The Hall–Kier alpha value is -2.45. The van der Waals surface area contributed by atoms with Gasteiger partial charge in [0.15, 0.2) is 0 Å². The molecule has 4 fully saturated rings. The predicted octanol–water partition coefficient (Wildman–Crippen LogP) is 5.02. The Bertz CT molecular complexity index is 1170. The molecule has 2 aliphatic carbocycles. The van der Waals surface area contributed by atoms with E-state index in [-0.39, 0.29) is 23.3 Å². The summed E-state index contributed by atoms with van der Waals surface area (Å²) in [6.45, 7) is 3.19. The molecule has 0 bridgehead atoms. The van der Waals surface area contributed by atoms with Gasteiger partial charge in [-0.3, -0.25) is 14.3 Å². The van der Waals surface area contributed by atoms with Crippen molar-refractivity contribution in [3.8, 4) is 0 Å². The third-order valence-corrected chi connectivity index (χ3v) is 11.3. The molecule has 2 aromatic rings. The van der Waals surface area contributed by atoms with E-state index < -0.39 is 6.04 Å². The van der Waals surface area contributed by atoms with Gasteiger partial charge in [-0.25, -0.2) is 4.98 Å². The van der Waals surface area contributed by atoms with Gasteiger partial charge in [-0.2, -0.15) is 5.10 Å². The van der Waals surface area contributed by atoms with E-state index in [1.54, 1.807) is 6.33 Å². The Morgan fingerprint density at radius 3 is 2.43 bits per heavy atom. The number of hydrogen-bond acceptors (Lipinski definition) is 5. The van der Waals surface area contributed by atoms with E-state index in [4.69, 9.17) is 11.6 Å². The van der Waals surface area contributed by atoms with Crippen molar-refractivity contribution in [1.29, 1.82) is 0 Å². The Morgan fingerprint density at radius 2 is 1.71 bits per heavy atom. The summed E-state index contributed by atoms with van der Waals surface area (Å²) in [5, 5.41) is 11.8. The number of hydrogen-bond donors (Lipinski definition) is 2. The zero-order valence-electron chi connectivity index (χ0n) is 24.9. The van der Waals surface area contributed by atoms with Crippen LogP contribution in [0.1, 0.15) is 82.6 Å². The number of rotatable bonds is 8. The maximum atomic E-state index is 14.2. The van der Waals surface area contributed by atoms with Crippen molar-refractivity contribution >= 4 is 23.4 Å². The largest absolute Gasteiger partial charge is 0.343 e. The predicted molar refractivity (Wildman–Crippen MR) is 164 cm³/mol. The highest BCUT2D eigenvalue weighted by Crippen LogP contribution is 2.47. The maximum absolute atomic E-state index is 14.2. The lowest BCUT2D eigenvalue weighted by Crippen LogP contribution is -2.58. The van der Waals surface area contributed by atoms with Crippen LogP contribution in [0.4, 0.5) is 0 Å². The molecule has 4 aliphatic rings. The highest BCUT2D eigenvalue weighted by atomic mass is 35.5. The maximum Gasteiger partial charge on any atom is 0.245 e. The van der Waals surface area contributed by atoms with Gasteiger partial charge in [0.1, 0.15) is 18.7 Å². The Labute approximate surface area is 255 Å². The zero-order valence-corrected chi connectivity index (χ0v) is 25.6. The van der Waals surface area contributed by atoms with Gasteiger partial charge in [0, 0.05) is 31.1 Å². The number of fused-ring (bicyclic) bond motifs is 1. The molecule has 0 radical (unpaired) electrons. The first-order valence-corrected chi connectivity index (χ1v) is 16.8. The molecule has 1 aromatic heterocycles. The van der Waals surface area contributed by atoms with Crippen LogP contribution in [0.25, 0.3) is 0 Å². The van der Waals surface area contributed by atoms with Crippen molar-refractivity contribution in [3.63, 3.8) is 0 Å². The normalized spacial score (nSPS) is 27.2. The molecule has 4 atom stereocenters. The van der Waals surface area contributed by atoms with Crippen LogP contribution >= 0.6 is 11.6 Å². The average molecular weight is 595 g/mol. The summed E-state index contributed by atoms with van der Waals surface area (Å²) in [4.78, 5) is 34.0. The molecule has 2 saturated heterocycles. The summed E-state index contributed by atoms with van der Waals surface area (Å²) in [5.41, 5.74) is 1.13. The smallest absolute Gasteiger partial charge is 0.245 e. The van der Waals surface area contributed by atoms with Crippen LogP contribution in [0.15, 0.2) is 36.9 Å². The van der Waals surface area contributed by atoms with Crippen molar-refractivity contribution in [2.24, 2.45) is 23.2 Å². The number of likely N-dealkylation sites (tertiary alicyclic amines) is 1. The number of aromatic nitrogens is 3. The Morgan fingerprint density at radius 1 is 1.00 bits per heavy atom. The highest BCUT2D eigenvalue weighted by molar-refractivity contribution is 6.30. The standard InChI is InChI=1S/C33H47ClN6O2/c34-28-12-10-24(11-13-28)18-30(38-31(41)29-19-25-6-4-5-7-26(25)20-36-29)32(42)39-16-14-33(15-17-39,21-40-23-35-22-37-40)27-8-2-1-3-9-27/h10-13,22-23,25-27,29-30,36H,1-9,14-21H2,(H,38,41)/t25?,26?,29?,30-/m1/s1. The number of benzene rings is 1. The van der Waals surface area contributed by atoms with Crippen LogP contribution in [0, 0.1) is 23.2 Å². The van der Waals surface area contributed by atoms with Gasteiger partial charge in [0.25, 0.3) is 0 Å². The lowest BCUT2D eigenvalue weighted by molar-refractivity contribution is -0.140. The minimum absolute atomic E-state index is 0.0302. The number of carbonyl (C=O) groups excluding carboxylic acids is 2. The molecule has 2 saturated carbocycles. The minimum Gasteiger partial charge on any atom is -0.343 e. The van der Waals surface area contributed by atoms with Crippen molar-refractivity contribution in [2.75, 3.05) is 19.6 Å². The summed E-state index contributed by atoms with van der Waals surface area (Å²) < 4.78 is 1.99. The molecule has 2 N–H and O–H groups in total. The van der Waals surface area contributed by atoms with Crippen LogP contribution in [-0.2, 0) is 22.6 Å². The third kappa shape index (κ3) is 6.85. The molecular weight excluding hydrogens is 548 g/mol. The quantitative estimate of drug-likeness (QED) is 0.448. The number of nitrogens with zero attached hydrogens (tertiary/aromatic N) is 4. The fourth-order valence-corrected chi connectivity index (χ4v) is 8.64. The van der Waals surface area contributed by atoms with Crippen molar-refractivity contribution in [1.82, 2.24) is 30.3 Å². The molecule has 0 spiro atoms. The molecule has 9 heteroatoms. The summed E-state index contributed by atoms with van der Waals surface area (Å²) in [6.07, 6.45) is 18.2. The van der Waals surface area contributed by atoms with Crippen LogP contribution in [0.2, 0.25) is 5.02 Å². The molecule has 2 amide bonds. The fraction of sp³-hybridized carbons (Fsp3) is 0.697.